The average Bonchev–Trinajstić information content (AvgIpc) is 2.46. The van der Waals surface area contributed by atoms with Gasteiger partial charge in [-0.1, -0.05) is 6.08 Å². The predicted molar refractivity (Wildman–Crippen MR) is 70.9 cm³/mol. The third-order valence-electron chi connectivity index (χ3n) is 2.90. The van der Waals surface area contributed by atoms with Gasteiger partial charge >= 0.3 is 6.03 Å². The molecule has 6 nitrogen and oxygen atoms in total. The summed E-state index contributed by atoms with van der Waals surface area (Å²) < 4.78 is 5.72. The van der Waals surface area contributed by atoms with Gasteiger partial charge in [-0.3, -0.25) is 0 Å². The molecule has 1 unspecified atom stereocenters. The molecule has 6 heteroatoms. The van der Waals surface area contributed by atoms with E-state index in [9.17, 15) is 4.79 Å². The summed E-state index contributed by atoms with van der Waals surface area (Å²) in [5.74, 6) is 0.501. The highest BCUT2D eigenvalue weighted by molar-refractivity contribution is 5.74. The van der Waals surface area contributed by atoms with Gasteiger partial charge in [-0.15, -0.1) is 11.7 Å². The summed E-state index contributed by atoms with van der Waals surface area (Å²) in [5, 5.41) is 10.4. The van der Waals surface area contributed by atoms with Crippen LogP contribution in [0.15, 0.2) is 31.0 Å². The fraction of sp³-hybridized carbons (Fsp3) is 0.462. The van der Waals surface area contributed by atoms with Gasteiger partial charge in [0.15, 0.2) is 0 Å². The molecule has 1 aliphatic rings. The van der Waals surface area contributed by atoms with Gasteiger partial charge < -0.3 is 15.0 Å². The highest BCUT2D eigenvalue weighted by atomic mass is 16.5. The Kier molecular flexibility index (Phi) is 4.72. The van der Waals surface area contributed by atoms with Gasteiger partial charge in [0.1, 0.15) is 6.10 Å². The lowest BCUT2D eigenvalue weighted by molar-refractivity contribution is 0.0974. The molecule has 0 bridgehead atoms. The Labute approximate surface area is 112 Å². The Morgan fingerprint density at radius 1 is 1.68 bits per heavy atom. The number of urea groups is 1. The van der Waals surface area contributed by atoms with Gasteiger partial charge in [-0.2, -0.15) is 5.10 Å². The van der Waals surface area contributed by atoms with Crippen LogP contribution in [0.1, 0.15) is 12.8 Å². The van der Waals surface area contributed by atoms with Crippen LogP contribution in [0.25, 0.3) is 0 Å². The number of nitrogens with one attached hydrogen (secondary N) is 1. The van der Waals surface area contributed by atoms with Crippen molar-refractivity contribution in [2.45, 2.75) is 18.9 Å². The molecule has 1 N–H and O–H groups in total. The minimum absolute atomic E-state index is 0.0278. The van der Waals surface area contributed by atoms with Crippen LogP contribution in [0, 0.1) is 0 Å². The second kappa shape index (κ2) is 6.72. The fourth-order valence-electron chi connectivity index (χ4n) is 2.01. The summed E-state index contributed by atoms with van der Waals surface area (Å²) in [5.41, 5.74) is 0. The summed E-state index contributed by atoms with van der Waals surface area (Å²) in [6.07, 6.45) is 5.08. The van der Waals surface area contributed by atoms with Crippen LogP contribution in [0.2, 0.25) is 0 Å². The fourth-order valence-corrected chi connectivity index (χ4v) is 2.01. The van der Waals surface area contributed by atoms with Crippen molar-refractivity contribution in [1.82, 2.24) is 20.4 Å². The lowest BCUT2D eigenvalue weighted by Gasteiger charge is -2.32. The number of nitrogens with zero attached hydrogens (tertiary/aromatic N) is 3. The van der Waals surface area contributed by atoms with Crippen molar-refractivity contribution in [2.75, 3.05) is 19.6 Å². The minimum Gasteiger partial charge on any atom is -0.471 e. The van der Waals surface area contributed by atoms with Crippen molar-refractivity contribution in [2.24, 2.45) is 0 Å². The van der Waals surface area contributed by atoms with Crippen LogP contribution < -0.4 is 10.1 Å². The first-order chi connectivity index (χ1) is 9.29. The summed E-state index contributed by atoms with van der Waals surface area (Å²) in [6.45, 7) is 5.37. The van der Waals surface area contributed by atoms with E-state index in [0.717, 1.165) is 19.4 Å². The quantitative estimate of drug-likeness (QED) is 0.828. The van der Waals surface area contributed by atoms with Crippen LogP contribution in [0.3, 0.4) is 0 Å². The van der Waals surface area contributed by atoms with E-state index in [4.69, 9.17) is 4.74 Å². The number of likely N-dealkylation sites (tertiary alicyclic amines) is 1. The maximum absolute atomic E-state index is 11.8. The molecular formula is C13H18N4O2. The molecule has 0 saturated carbocycles. The van der Waals surface area contributed by atoms with E-state index in [2.05, 4.69) is 22.1 Å². The molecular weight excluding hydrogens is 244 g/mol. The lowest BCUT2D eigenvalue weighted by Crippen LogP contribution is -2.48. The normalized spacial score (nSPS) is 18.7. The third kappa shape index (κ3) is 3.94. The average molecular weight is 262 g/mol. The largest absolute Gasteiger partial charge is 0.471 e. The molecule has 0 spiro atoms. The van der Waals surface area contributed by atoms with Crippen LogP contribution in [-0.4, -0.2) is 46.9 Å². The molecule has 1 fully saturated rings. The van der Waals surface area contributed by atoms with Gasteiger partial charge in [0, 0.05) is 25.4 Å². The van der Waals surface area contributed by atoms with Crippen molar-refractivity contribution < 1.29 is 9.53 Å². The number of rotatable bonds is 4. The Bertz CT molecular complexity index is 424. The molecule has 1 aromatic rings. The Morgan fingerprint density at radius 3 is 3.32 bits per heavy atom. The van der Waals surface area contributed by atoms with Crippen LogP contribution in [0.4, 0.5) is 4.79 Å². The summed E-state index contributed by atoms with van der Waals surface area (Å²) in [7, 11) is 0. The second-order valence-electron chi connectivity index (χ2n) is 4.36. The van der Waals surface area contributed by atoms with Crippen molar-refractivity contribution >= 4 is 6.03 Å². The van der Waals surface area contributed by atoms with E-state index in [0.29, 0.717) is 19.0 Å². The number of ether oxygens (including phenoxy) is 1. The first-order valence-electron chi connectivity index (χ1n) is 6.37. The zero-order chi connectivity index (χ0) is 13.5. The number of amides is 2. The lowest BCUT2D eigenvalue weighted by atomic mass is 10.1. The van der Waals surface area contributed by atoms with Crippen LogP contribution in [0.5, 0.6) is 5.88 Å². The molecule has 0 aromatic carbocycles. The van der Waals surface area contributed by atoms with Crippen LogP contribution in [-0.2, 0) is 0 Å². The molecule has 0 aliphatic carbocycles. The van der Waals surface area contributed by atoms with E-state index in [-0.39, 0.29) is 12.1 Å². The first kappa shape index (κ1) is 13.3. The van der Waals surface area contributed by atoms with Gasteiger partial charge in [0.05, 0.1) is 6.54 Å². The predicted octanol–water partition coefficient (Wildman–Crippen LogP) is 1.22. The number of aromatic nitrogens is 2. The monoisotopic (exact) mass is 262 g/mol. The zero-order valence-corrected chi connectivity index (χ0v) is 10.8. The molecule has 102 valence electrons. The van der Waals surface area contributed by atoms with E-state index >= 15 is 0 Å². The third-order valence-corrected chi connectivity index (χ3v) is 2.90. The number of hydrogen-bond donors (Lipinski definition) is 1. The number of carbonyl (C=O) groups is 1. The van der Waals surface area contributed by atoms with Gasteiger partial charge in [0.2, 0.25) is 5.88 Å². The second-order valence-corrected chi connectivity index (χ2v) is 4.36. The molecule has 1 aromatic heterocycles. The number of carbonyl (C=O) groups excluding carboxylic acids is 1. The van der Waals surface area contributed by atoms with Crippen molar-refractivity contribution in [1.29, 1.82) is 0 Å². The van der Waals surface area contributed by atoms with Gasteiger partial charge in [-0.05, 0) is 18.9 Å². The van der Waals surface area contributed by atoms with Gasteiger partial charge in [0.25, 0.3) is 0 Å². The van der Waals surface area contributed by atoms with Crippen molar-refractivity contribution in [3.63, 3.8) is 0 Å². The summed E-state index contributed by atoms with van der Waals surface area (Å²) in [6, 6.07) is 3.47. The number of hydrogen-bond acceptors (Lipinski definition) is 4. The van der Waals surface area contributed by atoms with E-state index in [1.165, 1.54) is 0 Å². The molecule has 2 rings (SSSR count). The maximum atomic E-state index is 11.8. The Hall–Kier alpha value is -2.11. The molecule has 0 radical (unpaired) electrons. The summed E-state index contributed by atoms with van der Waals surface area (Å²) >= 11 is 0. The standard InChI is InChI=1S/C13H18N4O2/c1-2-7-14-13(18)17-9-4-5-11(10-17)19-12-6-3-8-15-16-12/h2-3,6,8,11H,1,4-5,7,9-10H2,(H,14,18). The molecule has 2 amide bonds. The van der Waals surface area contributed by atoms with Crippen LogP contribution >= 0.6 is 0 Å². The Morgan fingerprint density at radius 2 is 2.58 bits per heavy atom. The zero-order valence-electron chi connectivity index (χ0n) is 10.8. The SMILES string of the molecule is C=CCNC(=O)N1CCCC(Oc2cccnn2)C1. The highest BCUT2D eigenvalue weighted by Crippen LogP contribution is 2.15. The summed E-state index contributed by atoms with van der Waals surface area (Å²) in [4.78, 5) is 13.6. The smallest absolute Gasteiger partial charge is 0.317 e. The highest BCUT2D eigenvalue weighted by Gasteiger charge is 2.24. The molecule has 1 saturated heterocycles. The van der Waals surface area contributed by atoms with E-state index in [1.54, 1.807) is 29.3 Å². The molecule has 1 atom stereocenters. The van der Waals surface area contributed by atoms with E-state index in [1.807, 2.05) is 0 Å². The maximum Gasteiger partial charge on any atom is 0.317 e. The minimum atomic E-state index is -0.0765. The van der Waals surface area contributed by atoms with Crippen molar-refractivity contribution in [3.8, 4) is 5.88 Å². The van der Waals surface area contributed by atoms with Gasteiger partial charge in [-0.25, -0.2) is 4.79 Å². The first-order valence-corrected chi connectivity index (χ1v) is 6.37. The van der Waals surface area contributed by atoms with Crippen molar-refractivity contribution in [3.05, 3.63) is 31.0 Å². The molecule has 19 heavy (non-hydrogen) atoms. The van der Waals surface area contributed by atoms with E-state index < -0.39 is 0 Å². The Balaban J connectivity index is 1.86. The topological polar surface area (TPSA) is 67.4 Å². The number of piperidine rings is 1. The molecule has 1 aliphatic heterocycles. The molecule has 2 heterocycles.